The highest BCUT2D eigenvalue weighted by molar-refractivity contribution is 7.89. The van der Waals surface area contributed by atoms with Gasteiger partial charge in [0.2, 0.25) is 21.8 Å². The summed E-state index contributed by atoms with van der Waals surface area (Å²) in [5.74, 6) is 0.298. The number of piperazine rings is 1. The summed E-state index contributed by atoms with van der Waals surface area (Å²) in [6.45, 7) is 12.0. The van der Waals surface area contributed by atoms with Crippen molar-refractivity contribution in [1.29, 1.82) is 0 Å². The smallest absolute Gasteiger partial charge is 0.246 e. The number of nitrogens with one attached hydrogen (secondary N) is 3. The monoisotopic (exact) mass is 572 g/mol. The number of piperidine rings is 1. The van der Waals surface area contributed by atoms with Crippen LogP contribution in [0.5, 0.6) is 0 Å². The summed E-state index contributed by atoms with van der Waals surface area (Å²) >= 11 is 0. The van der Waals surface area contributed by atoms with Gasteiger partial charge in [-0.2, -0.15) is 5.10 Å². The Labute approximate surface area is 238 Å². The summed E-state index contributed by atoms with van der Waals surface area (Å²) in [5.41, 5.74) is 2.96. The van der Waals surface area contributed by atoms with Gasteiger partial charge in [0.15, 0.2) is 0 Å². The summed E-state index contributed by atoms with van der Waals surface area (Å²) in [4.78, 5) is 31.8. The van der Waals surface area contributed by atoms with Crippen LogP contribution in [0.3, 0.4) is 0 Å². The van der Waals surface area contributed by atoms with E-state index >= 15 is 0 Å². The molecule has 2 saturated heterocycles. The number of likely N-dealkylation sites (tertiary alicyclic amines) is 1. The molecule has 1 aromatic heterocycles. The average molecular weight is 573 g/mol. The van der Waals surface area contributed by atoms with E-state index in [0.29, 0.717) is 44.8 Å². The minimum Gasteiger partial charge on any atom is -0.342 e. The first-order valence-corrected chi connectivity index (χ1v) is 15.8. The summed E-state index contributed by atoms with van der Waals surface area (Å²) in [7, 11) is -2.16. The standard InChI is InChI=1S/C29H44N6O4S/c1-7-8-15-35-27(36)24(18-19(2)3)31-28(37)29(35)13-16-34(17-14-29)26(25-20(4)32-33-21(25)5)22-9-11-23(12-10-22)40(38,39)30-6/h9-12,19,24,26,30H,7-8,13-18H2,1-6H3,(H,31,37)(H,32,33)/t24-,26?/m0/s1. The number of unbranched alkanes of at least 4 members (excludes halogenated alkanes) is 1. The van der Waals surface area contributed by atoms with Crippen molar-refractivity contribution in [1.82, 2.24) is 30.0 Å². The van der Waals surface area contributed by atoms with Gasteiger partial charge in [0.05, 0.1) is 16.6 Å². The molecule has 0 aliphatic carbocycles. The van der Waals surface area contributed by atoms with Gasteiger partial charge in [0.1, 0.15) is 11.6 Å². The topological polar surface area (TPSA) is 128 Å². The maximum atomic E-state index is 13.7. The molecule has 1 unspecified atom stereocenters. The van der Waals surface area contributed by atoms with Crippen molar-refractivity contribution in [3.63, 3.8) is 0 Å². The molecule has 2 aromatic rings. The Balaban J connectivity index is 1.65. The Kier molecular flexibility index (Phi) is 9.06. The third-order valence-corrected chi connectivity index (χ3v) is 9.91. The first-order valence-electron chi connectivity index (χ1n) is 14.4. The van der Waals surface area contributed by atoms with Crippen LogP contribution < -0.4 is 10.0 Å². The van der Waals surface area contributed by atoms with Gasteiger partial charge < -0.3 is 10.2 Å². The zero-order chi connectivity index (χ0) is 29.2. The predicted octanol–water partition coefficient (Wildman–Crippen LogP) is 3.03. The molecule has 220 valence electrons. The van der Waals surface area contributed by atoms with E-state index in [1.54, 1.807) is 12.1 Å². The highest BCUT2D eigenvalue weighted by atomic mass is 32.2. The second-order valence-corrected chi connectivity index (χ2v) is 13.5. The van der Waals surface area contributed by atoms with Crippen molar-refractivity contribution in [2.75, 3.05) is 26.7 Å². The fraction of sp³-hybridized carbons (Fsp3) is 0.621. The molecule has 1 aromatic carbocycles. The van der Waals surface area contributed by atoms with Gasteiger partial charge in [-0.25, -0.2) is 13.1 Å². The van der Waals surface area contributed by atoms with E-state index in [1.807, 2.05) is 30.9 Å². The van der Waals surface area contributed by atoms with Gasteiger partial charge in [-0.3, -0.25) is 19.6 Å². The van der Waals surface area contributed by atoms with Crippen LogP contribution in [0.2, 0.25) is 0 Å². The molecule has 2 amide bonds. The lowest BCUT2D eigenvalue weighted by molar-refractivity contribution is -0.162. The fourth-order valence-corrected chi connectivity index (χ4v) is 7.00. The first-order chi connectivity index (χ1) is 18.9. The predicted molar refractivity (Wildman–Crippen MR) is 154 cm³/mol. The molecule has 2 aliphatic heterocycles. The maximum Gasteiger partial charge on any atom is 0.246 e. The number of amides is 2. The molecule has 10 nitrogen and oxygen atoms in total. The highest BCUT2D eigenvalue weighted by Crippen LogP contribution is 2.40. The van der Waals surface area contributed by atoms with Crippen molar-refractivity contribution < 1.29 is 18.0 Å². The lowest BCUT2D eigenvalue weighted by atomic mass is 9.79. The van der Waals surface area contributed by atoms with Gasteiger partial charge in [-0.1, -0.05) is 39.3 Å². The van der Waals surface area contributed by atoms with E-state index in [1.165, 1.54) is 7.05 Å². The number of aromatic amines is 1. The van der Waals surface area contributed by atoms with Crippen LogP contribution in [0.25, 0.3) is 0 Å². The number of aryl methyl sites for hydroxylation is 2. The number of carbonyl (C=O) groups is 2. The molecule has 40 heavy (non-hydrogen) atoms. The molecule has 4 rings (SSSR count). The van der Waals surface area contributed by atoms with Crippen LogP contribution in [-0.4, -0.2) is 78.5 Å². The molecule has 3 heterocycles. The van der Waals surface area contributed by atoms with Gasteiger partial charge in [0, 0.05) is 30.9 Å². The fourth-order valence-electron chi connectivity index (χ4n) is 6.27. The van der Waals surface area contributed by atoms with Crippen molar-refractivity contribution in [3.8, 4) is 0 Å². The second kappa shape index (κ2) is 12.0. The zero-order valence-corrected chi connectivity index (χ0v) is 25.4. The lowest BCUT2D eigenvalue weighted by Gasteiger charge is -2.52. The van der Waals surface area contributed by atoms with Crippen molar-refractivity contribution in [3.05, 3.63) is 46.8 Å². The number of hydrogen-bond donors (Lipinski definition) is 3. The Morgan fingerprint density at radius 2 is 1.77 bits per heavy atom. The number of aromatic nitrogens is 2. The molecule has 3 N–H and O–H groups in total. The van der Waals surface area contributed by atoms with E-state index in [4.69, 9.17) is 0 Å². The summed E-state index contributed by atoms with van der Waals surface area (Å²) in [6, 6.07) is 6.31. The van der Waals surface area contributed by atoms with Crippen molar-refractivity contribution in [2.45, 2.75) is 89.2 Å². The number of benzene rings is 1. The summed E-state index contributed by atoms with van der Waals surface area (Å²) < 4.78 is 27.0. The normalized spacial score (nSPS) is 20.8. The van der Waals surface area contributed by atoms with Gasteiger partial charge in [0.25, 0.3) is 0 Å². The Morgan fingerprint density at radius 3 is 2.30 bits per heavy atom. The number of H-pyrrole nitrogens is 1. The Bertz CT molecular complexity index is 1290. The number of rotatable bonds is 10. The molecule has 2 atom stereocenters. The molecular weight excluding hydrogens is 528 g/mol. The SMILES string of the molecule is CCCCN1C(=O)[C@H](CC(C)C)NC(=O)C12CCN(C(c1ccc(S(=O)(=O)NC)cc1)c1c(C)n[nH]c1C)CC2. The molecular formula is C29H44N6O4S. The highest BCUT2D eigenvalue weighted by Gasteiger charge is 2.54. The van der Waals surface area contributed by atoms with Crippen LogP contribution in [0.15, 0.2) is 29.2 Å². The zero-order valence-electron chi connectivity index (χ0n) is 24.6. The quantitative estimate of drug-likeness (QED) is 0.402. The van der Waals surface area contributed by atoms with Crippen LogP contribution in [0, 0.1) is 19.8 Å². The van der Waals surface area contributed by atoms with Crippen LogP contribution in [0.1, 0.15) is 81.4 Å². The van der Waals surface area contributed by atoms with Crippen LogP contribution in [0.4, 0.5) is 0 Å². The van der Waals surface area contributed by atoms with Crippen LogP contribution in [-0.2, 0) is 19.6 Å². The number of carbonyl (C=O) groups excluding carboxylic acids is 2. The molecule has 0 radical (unpaired) electrons. The van der Waals surface area contributed by atoms with Gasteiger partial charge in [-0.05, 0) is 70.2 Å². The second-order valence-electron chi connectivity index (χ2n) is 11.6. The third kappa shape index (κ3) is 5.69. The molecule has 0 bridgehead atoms. The van der Waals surface area contributed by atoms with E-state index in [2.05, 4.69) is 45.9 Å². The van der Waals surface area contributed by atoms with E-state index in [-0.39, 0.29) is 22.8 Å². The summed E-state index contributed by atoms with van der Waals surface area (Å²) in [6.07, 6.45) is 3.50. The lowest BCUT2D eigenvalue weighted by Crippen LogP contribution is -2.73. The molecule has 1 spiro atoms. The van der Waals surface area contributed by atoms with Crippen molar-refractivity contribution >= 4 is 21.8 Å². The van der Waals surface area contributed by atoms with Gasteiger partial charge in [-0.15, -0.1) is 0 Å². The Hall–Kier alpha value is -2.76. The Morgan fingerprint density at radius 1 is 1.12 bits per heavy atom. The maximum absolute atomic E-state index is 13.7. The van der Waals surface area contributed by atoms with E-state index in [0.717, 1.165) is 35.4 Å². The third-order valence-electron chi connectivity index (χ3n) is 8.47. The van der Waals surface area contributed by atoms with E-state index in [9.17, 15) is 18.0 Å². The number of sulfonamides is 1. The molecule has 2 fully saturated rings. The molecule has 0 saturated carbocycles. The van der Waals surface area contributed by atoms with E-state index < -0.39 is 21.6 Å². The minimum atomic E-state index is -3.56. The average Bonchev–Trinajstić information content (AvgIpc) is 3.26. The van der Waals surface area contributed by atoms with Crippen molar-refractivity contribution in [2.24, 2.45) is 5.92 Å². The number of nitrogens with zero attached hydrogens (tertiary/aromatic N) is 3. The first kappa shape index (κ1) is 30.2. The summed E-state index contributed by atoms with van der Waals surface area (Å²) in [5, 5.41) is 10.6. The van der Waals surface area contributed by atoms with Crippen LogP contribution >= 0.6 is 0 Å². The minimum absolute atomic E-state index is 0.0367. The largest absolute Gasteiger partial charge is 0.342 e. The molecule has 2 aliphatic rings. The molecule has 11 heteroatoms. The number of hydrogen-bond acceptors (Lipinski definition) is 6. The van der Waals surface area contributed by atoms with Gasteiger partial charge >= 0.3 is 0 Å².